The Balaban J connectivity index is 1.27. The van der Waals surface area contributed by atoms with Gasteiger partial charge in [0.15, 0.2) is 11.5 Å². The lowest BCUT2D eigenvalue weighted by molar-refractivity contribution is -0.162. The summed E-state index contributed by atoms with van der Waals surface area (Å²) in [5.74, 6) is 1.66. The minimum atomic E-state index is -0.837. The summed E-state index contributed by atoms with van der Waals surface area (Å²) in [4.78, 5) is 9.54. The van der Waals surface area contributed by atoms with E-state index in [1.54, 1.807) is 6.07 Å². The van der Waals surface area contributed by atoms with Crippen molar-refractivity contribution in [3.63, 3.8) is 0 Å². The van der Waals surface area contributed by atoms with E-state index in [2.05, 4.69) is 26.9 Å². The third-order valence-electron chi connectivity index (χ3n) is 9.28. The smallest absolute Gasteiger partial charge is 0.165 e. The van der Waals surface area contributed by atoms with Gasteiger partial charge in [0.05, 0.1) is 11.0 Å². The Labute approximate surface area is 195 Å². The van der Waals surface area contributed by atoms with E-state index in [0.717, 1.165) is 75.6 Å². The van der Waals surface area contributed by atoms with Gasteiger partial charge in [0.1, 0.15) is 6.10 Å². The maximum absolute atomic E-state index is 12.6. The average molecular weight is 448 g/mol. The summed E-state index contributed by atoms with van der Waals surface area (Å²) in [5.41, 5.74) is 2.21. The number of aliphatic hydroxyl groups is 1. The Morgan fingerprint density at radius 3 is 2.85 bits per heavy atom. The van der Waals surface area contributed by atoms with Gasteiger partial charge in [-0.05, 0) is 68.3 Å². The van der Waals surface area contributed by atoms with Crippen LogP contribution in [0.3, 0.4) is 0 Å². The molecule has 2 aliphatic carbocycles. The van der Waals surface area contributed by atoms with E-state index in [9.17, 15) is 10.2 Å². The van der Waals surface area contributed by atoms with Crippen molar-refractivity contribution in [2.45, 2.75) is 61.7 Å². The summed E-state index contributed by atoms with van der Waals surface area (Å²) < 4.78 is 6.58. The maximum Gasteiger partial charge on any atom is 0.165 e. The number of likely N-dealkylation sites (tertiary alicyclic amines) is 2. The second-order valence-corrected chi connectivity index (χ2v) is 11.0. The molecule has 3 fully saturated rings. The molecule has 4 heterocycles. The molecule has 1 saturated carbocycles. The van der Waals surface area contributed by atoms with Gasteiger partial charge in [-0.3, -0.25) is 14.8 Å². The molecule has 6 heteroatoms. The van der Waals surface area contributed by atoms with Crippen LogP contribution in [0.25, 0.3) is 0 Å². The third kappa shape index (κ3) is 2.87. The Morgan fingerprint density at radius 2 is 2.03 bits per heavy atom. The minimum absolute atomic E-state index is 0.122. The van der Waals surface area contributed by atoms with Crippen LogP contribution >= 0.6 is 0 Å². The molecule has 7 rings (SSSR count). The number of aromatic nitrogens is 1. The number of phenols is 1. The highest BCUT2D eigenvalue weighted by Gasteiger charge is 2.70. The van der Waals surface area contributed by atoms with Crippen molar-refractivity contribution < 1.29 is 14.9 Å². The van der Waals surface area contributed by atoms with Crippen molar-refractivity contribution in [3.05, 3.63) is 53.3 Å². The Kier molecular flexibility index (Phi) is 4.40. The highest BCUT2D eigenvalue weighted by atomic mass is 16.5. The molecule has 1 spiro atoms. The number of hydrogen-bond acceptors (Lipinski definition) is 6. The average Bonchev–Trinajstić information content (AvgIpc) is 3.59. The minimum Gasteiger partial charge on any atom is -0.504 e. The van der Waals surface area contributed by atoms with Gasteiger partial charge in [-0.25, -0.2) is 0 Å². The van der Waals surface area contributed by atoms with Gasteiger partial charge in [-0.2, -0.15) is 0 Å². The third-order valence-corrected chi connectivity index (χ3v) is 9.28. The molecule has 2 N–H and O–H groups in total. The highest BCUT2D eigenvalue weighted by molar-refractivity contribution is 5.62. The van der Waals surface area contributed by atoms with Crippen molar-refractivity contribution in [3.8, 4) is 11.5 Å². The van der Waals surface area contributed by atoms with Crippen LogP contribution in [0.4, 0.5) is 0 Å². The summed E-state index contributed by atoms with van der Waals surface area (Å²) in [6.45, 7) is 4.65. The molecule has 2 saturated heterocycles. The summed E-state index contributed by atoms with van der Waals surface area (Å²) in [7, 11) is 0. The molecular weight excluding hydrogens is 414 g/mol. The number of ether oxygens (including phenoxy) is 1. The quantitative estimate of drug-likeness (QED) is 0.734. The molecule has 174 valence electrons. The molecule has 0 unspecified atom stereocenters. The molecule has 0 amide bonds. The van der Waals surface area contributed by atoms with E-state index in [-0.39, 0.29) is 17.9 Å². The standard InChI is InChI=1S/C27H33N3O3/c31-21-7-6-19-15-22-27(32)10-13-29(12-8-20-3-1-2-11-28-20)17-23-26(27,24(19)25(21)33-23)9-14-30(22)16-18-4-5-18/h1-3,6-7,11,18,22-23,31-32H,4-5,8-10,12-17H2/t22-,23+,26-,27-/m1/s1. The summed E-state index contributed by atoms with van der Waals surface area (Å²) in [6.07, 6.45) is 7.75. The fourth-order valence-corrected chi connectivity index (χ4v) is 7.48. The van der Waals surface area contributed by atoms with E-state index in [0.29, 0.717) is 5.75 Å². The van der Waals surface area contributed by atoms with Crippen LogP contribution in [0.1, 0.15) is 42.5 Å². The lowest BCUT2D eigenvalue weighted by atomic mass is 9.52. The topological polar surface area (TPSA) is 69.1 Å². The van der Waals surface area contributed by atoms with E-state index < -0.39 is 11.0 Å². The zero-order valence-corrected chi connectivity index (χ0v) is 19.1. The van der Waals surface area contributed by atoms with Gasteiger partial charge in [-0.1, -0.05) is 12.1 Å². The molecule has 1 aromatic carbocycles. The number of phenolic OH excluding ortho intramolecular Hbond substituents is 1. The first-order chi connectivity index (χ1) is 16.1. The number of nitrogens with zero attached hydrogens (tertiary/aromatic N) is 3. The molecule has 2 bridgehead atoms. The normalized spacial score (nSPS) is 35.1. The number of hydrogen-bond donors (Lipinski definition) is 2. The summed E-state index contributed by atoms with van der Waals surface area (Å²) in [5, 5.41) is 23.4. The van der Waals surface area contributed by atoms with Crippen molar-refractivity contribution in [1.82, 2.24) is 14.8 Å². The Bertz CT molecular complexity index is 1070. The first-order valence-electron chi connectivity index (χ1n) is 12.7. The van der Waals surface area contributed by atoms with Crippen molar-refractivity contribution in [2.75, 3.05) is 32.7 Å². The van der Waals surface area contributed by atoms with Gasteiger partial charge in [0.25, 0.3) is 0 Å². The maximum atomic E-state index is 12.6. The fourth-order valence-electron chi connectivity index (χ4n) is 7.48. The zero-order chi connectivity index (χ0) is 22.2. The summed E-state index contributed by atoms with van der Waals surface area (Å²) in [6, 6.07) is 10.1. The first kappa shape index (κ1) is 20.2. The van der Waals surface area contributed by atoms with Crippen LogP contribution in [-0.4, -0.2) is 75.5 Å². The van der Waals surface area contributed by atoms with E-state index in [1.807, 2.05) is 18.3 Å². The van der Waals surface area contributed by atoms with Crippen LogP contribution in [0.15, 0.2) is 36.5 Å². The van der Waals surface area contributed by atoms with Crippen molar-refractivity contribution in [2.24, 2.45) is 5.92 Å². The largest absolute Gasteiger partial charge is 0.504 e. The van der Waals surface area contributed by atoms with E-state index in [4.69, 9.17) is 4.74 Å². The van der Waals surface area contributed by atoms with Crippen LogP contribution < -0.4 is 4.74 Å². The monoisotopic (exact) mass is 447 g/mol. The second-order valence-electron chi connectivity index (χ2n) is 11.0. The molecule has 1 aromatic heterocycles. The van der Waals surface area contributed by atoms with Crippen LogP contribution in [0, 0.1) is 5.92 Å². The number of rotatable bonds is 5. The van der Waals surface area contributed by atoms with Gasteiger partial charge >= 0.3 is 0 Å². The van der Waals surface area contributed by atoms with Gasteiger partial charge < -0.3 is 14.9 Å². The number of benzene rings is 1. The molecular formula is C27H33N3O3. The molecule has 5 aliphatic rings. The zero-order valence-electron chi connectivity index (χ0n) is 19.1. The van der Waals surface area contributed by atoms with Gasteiger partial charge in [-0.15, -0.1) is 0 Å². The molecule has 6 nitrogen and oxygen atoms in total. The van der Waals surface area contributed by atoms with Gasteiger partial charge in [0, 0.05) is 56.1 Å². The fraction of sp³-hybridized carbons (Fsp3) is 0.593. The van der Waals surface area contributed by atoms with Crippen LogP contribution in [0.2, 0.25) is 0 Å². The lowest BCUT2D eigenvalue weighted by Crippen LogP contribution is -2.74. The van der Waals surface area contributed by atoms with E-state index in [1.165, 1.54) is 18.4 Å². The van der Waals surface area contributed by atoms with Crippen LogP contribution in [0.5, 0.6) is 11.5 Å². The number of aromatic hydroxyl groups is 1. The molecule has 3 aliphatic heterocycles. The summed E-state index contributed by atoms with van der Waals surface area (Å²) >= 11 is 0. The number of pyridine rings is 1. The predicted molar refractivity (Wildman–Crippen MR) is 125 cm³/mol. The van der Waals surface area contributed by atoms with Crippen molar-refractivity contribution in [1.29, 1.82) is 0 Å². The van der Waals surface area contributed by atoms with Crippen molar-refractivity contribution >= 4 is 0 Å². The molecule has 2 aromatic rings. The number of piperidine rings is 1. The first-order valence-corrected chi connectivity index (χ1v) is 12.7. The molecule has 33 heavy (non-hydrogen) atoms. The SMILES string of the molecule is Oc1ccc2c3c1O[C@H]1CN(CCc4ccccn4)CC[C@@]4(O)[C@@H](C2)N(CC2CC2)CC[C@]314. The molecule has 4 atom stereocenters. The predicted octanol–water partition coefficient (Wildman–Crippen LogP) is 2.51. The van der Waals surface area contributed by atoms with Gasteiger partial charge in [0.2, 0.25) is 0 Å². The Morgan fingerprint density at radius 1 is 1.12 bits per heavy atom. The van der Waals surface area contributed by atoms with E-state index >= 15 is 0 Å². The second kappa shape index (κ2) is 7.17. The highest BCUT2D eigenvalue weighted by Crippen LogP contribution is 2.63. The van der Waals surface area contributed by atoms with Crippen LogP contribution in [-0.2, 0) is 18.3 Å². The molecule has 0 radical (unpaired) electrons. The Hall–Kier alpha value is -2.15. The lowest BCUT2D eigenvalue weighted by Gasteiger charge is -2.60.